The minimum absolute atomic E-state index is 0.681. The minimum Gasteiger partial charge on any atom is -0.246 e. The Morgan fingerprint density at radius 3 is 1.31 bits per heavy atom. The third-order valence-corrected chi connectivity index (χ3v) is 13.5. The zero-order valence-corrected chi connectivity index (χ0v) is 36.1. The van der Waals surface area contributed by atoms with Gasteiger partial charge in [-0.05, 0) is 74.8 Å². The van der Waals surface area contributed by atoms with E-state index in [1.165, 1.54) is 58.9 Å². The van der Waals surface area contributed by atoms with E-state index in [-0.39, 0.29) is 0 Å². The predicted octanol–water partition coefficient (Wildman–Crippen LogP) is 16.7. The molecule has 0 spiro atoms. The van der Waals surface area contributed by atoms with E-state index in [9.17, 15) is 0 Å². The Hall–Kier alpha value is -8.31. The van der Waals surface area contributed by atoms with Crippen LogP contribution in [-0.2, 0) is 0 Å². The highest BCUT2D eigenvalue weighted by atomic mass is 32.1. The molecule has 0 aliphatic rings. The van der Waals surface area contributed by atoms with E-state index in [1.807, 2.05) is 23.5 Å². The number of thiophene rings is 1. The number of hydrogen-bond acceptors (Lipinski definition) is 4. The van der Waals surface area contributed by atoms with Crippen LogP contribution in [-0.4, -0.2) is 15.0 Å². The summed E-state index contributed by atoms with van der Waals surface area (Å²) in [5, 5.41) is 3.71. The molecule has 12 rings (SSSR count). The predicted molar refractivity (Wildman–Crippen MR) is 274 cm³/mol. The maximum Gasteiger partial charge on any atom is 0.160 e. The van der Waals surface area contributed by atoms with Gasteiger partial charge in [0.05, 0.1) is 27.3 Å². The quantitative estimate of drug-likeness (QED) is 0.153. The van der Waals surface area contributed by atoms with Crippen LogP contribution in [0.25, 0.3) is 121 Å². The maximum absolute atomic E-state index is 5.39. The fourth-order valence-corrected chi connectivity index (χ4v) is 10.2. The molecule has 0 aliphatic carbocycles. The van der Waals surface area contributed by atoms with Crippen molar-refractivity contribution >= 4 is 42.4 Å². The minimum atomic E-state index is 0.681. The fraction of sp³-hybridized carbons (Fsp3) is 0. The lowest BCUT2D eigenvalue weighted by atomic mass is 9.97. The van der Waals surface area contributed by atoms with Crippen molar-refractivity contribution in [3.05, 3.63) is 237 Å². The van der Waals surface area contributed by atoms with Gasteiger partial charge in [-0.1, -0.05) is 206 Å². The van der Waals surface area contributed by atoms with Crippen LogP contribution in [0.2, 0.25) is 0 Å². The highest BCUT2D eigenvalue weighted by Crippen LogP contribution is 2.44. The molecule has 0 saturated carbocycles. The van der Waals surface area contributed by atoms with Crippen LogP contribution in [0.3, 0.4) is 0 Å². The van der Waals surface area contributed by atoms with Crippen molar-refractivity contribution in [1.82, 2.24) is 15.0 Å². The van der Waals surface area contributed by atoms with Gasteiger partial charge >= 0.3 is 0 Å². The maximum atomic E-state index is 5.39. The number of fused-ring (bicyclic) bond motifs is 5. The van der Waals surface area contributed by atoms with Crippen molar-refractivity contribution in [3.8, 4) is 89.7 Å². The van der Waals surface area contributed by atoms with Gasteiger partial charge in [0.2, 0.25) is 0 Å². The molecule has 0 aliphatic heterocycles. The van der Waals surface area contributed by atoms with E-state index < -0.39 is 0 Å². The number of hydrogen-bond donors (Lipinski definition) is 0. The second-order valence-electron chi connectivity index (χ2n) is 16.4. The van der Waals surface area contributed by atoms with Gasteiger partial charge in [0.25, 0.3) is 0 Å². The Morgan fingerprint density at radius 2 is 0.708 bits per heavy atom. The van der Waals surface area contributed by atoms with Crippen LogP contribution in [0.15, 0.2) is 237 Å². The first kappa shape index (κ1) is 38.4. The number of rotatable bonds is 8. The molecular weight excluding hydrogens is 807 g/mol. The first-order valence-corrected chi connectivity index (χ1v) is 22.7. The van der Waals surface area contributed by atoms with E-state index in [1.54, 1.807) is 0 Å². The SMILES string of the molecule is c1ccc(-c2ccc(-c3cc(-c4ccc(-c5ccccc5)cc4)nc(-c4ccc(-c5cccc(-c6nc7ccc(-c8ccccc8)cc7c7c6sc6ccccc67)c5)cc4)n3)cc2)cc1. The molecule has 0 N–H and O–H groups in total. The summed E-state index contributed by atoms with van der Waals surface area (Å²) in [7, 11) is 0. The van der Waals surface area contributed by atoms with Gasteiger partial charge < -0.3 is 0 Å². The number of nitrogens with zero attached hydrogens (tertiary/aromatic N) is 3. The molecule has 0 unspecified atom stereocenters. The van der Waals surface area contributed by atoms with Crippen molar-refractivity contribution in [1.29, 1.82) is 0 Å². The second kappa shape index (κ2) is 16.4. The van der Waals surface area contributed by atoms with Gasteiger partial charge in [-0.15, -0.1) is 11.3 Å². The summed E-state index contributed by atoms with van der Waals surface area (Å²) in [6.07, 6.45) is 0. The number of pyridine rings is 1. The molecular formula is C61H39N3S. The Kier molecular flexibility index (Phi) is 9.70. The molecule has 12 aromatic rings. The molecule has 3 aromatic heterocycles. The third kappa shape index (κ3) is 7.36. The van der Waals surface area contributed by atoms with E-state index >= 15 is 0 Å². The summed E-state index contributed by atoms with van der Waals surface area (Å²) in [6.45, 7) is 0. The van der Waals surface area contributed by atoms with Gasteiger partial charge in [0, 0.05) is 43.1 Å². The molecule has 0 saturated heterocycles. The van der Waals surface area contributed by atoms with Gasteiger partial charge in [-0.2, -0.15) is 0 Å². The molecule has 3 heterocycles. The molecule has 65 heavy (non-hydrogen) atoms. The van der Waals surface area contributed by atoms with Crippen LogP contribution in [0.4, 0.5) is 0 Å². The summed E-state index contributed by atoms with van der Waals surface area (Å²) in [5.74, 6) is 0.681. The summed E-state index contributed by atoms with van der Waals surface area (Å²) in [5.41, 5.74) is 17.2. The molecule has 0 fully saturated rings. The van der Waals surface area contributed by atoms with Crippen molar-refractivity contribution in [2.45, 2.75) is 0 Å². The number of benzene rings is 9. The van der Waals surface area contributed by atoms with Crippen molar-refractivity contribution in [3.63, 3.8) is 0 Å². The largest absolute Gasteiger partial charge is 0.246 e. The molecule has 4 heteroatoms. The topological polar surface area (TPSA) is 38.7 Å². The van der Waals surface area contributed by atoms with Crippen molar-refractivity contribution in [2.75, 3.05) is 0 Å². The summed E-state index contributed by atoms with van der Waals surface area (Å²) in [6, 6.07) is 83.8. The molecule has 3 nitrogen and oxygen atoms in total. The lowest BCUT2D eigenvalue weighted by Crippen LogP contribution is -1.96. The molecule has 0 amide bonds. The summed E-state index contributed by atoms with van der Waals surface area (Å²) >= 11 is 1.82. The van der Waals surface area contributed by atoms with Gasteiger partial charge in [0.15, 0.2) is 5.82 Å². The zero-order valence-electron chi connectivity index (χ0n) is 35.3. The highest BCUT2D eigenvalue weighted by Gasteiger charge is 2.18. The summed E-state index contributed by atoms with van der Waals surface area (Å²) in [4.78, 5) is 15.8. The zero-order chi connectivity index (χ0) is 43.1. The number of aromatic nitrogens is 3. The highest BCUT2D eigenvalue weighted by molar-refractivity contribution is 7.26. The lowest BCUT2D eigenvalue weighted by Gasteiger charge is -2.12. The second-order valence-corrected chi connectivity index (χ2v) is 17.4. The van der Waals surface area contributed by atoms with Crippen molar-refractivity contribution in [2.24, 2.45) is 0 Å². The van der Waals surface area contributed by atoms with E-state index in [2.05, 4.69) is 224 Å². The van der Waals surface area contributed by atoms with Gasteiger partial charge in [-0.3, -0.25) is 0 Å². The fourth-order valence-electron chi connectivity index (χ4n) is 8.95. The molecule has 0 atom stereocenters. The van der Waals surface area contributed by atoms with Gasteiger partial charge in [0.1, 0.15) is 0 Å². The van der Waals surface area contributed by atoms with Crippen LogP contribution < -0.4 is 0 Å². The van der Waals surface area contributed by atoms with E-state index in [0.717, 1.165) is 56.0 Å². The Balaban J connectivity index is 0.915. The third-order valence-electron chi connectivity index (χ3n) is 12.3. The molecule has 0 radical (unpaired) electrons. The lowest BCUT2D eigenvalue weighted by molar-refractivity contribution is 1.18. The van der Waals surface area contributed by atoms with Crippen LogP contribution in [0, 0.1) is 0 Å². The van der Waals surface area contributed by atoms with E-state index in [0.29, 0.717) is 5.82 Å². The van der Waals surface area contributed by atoms with E-state index in [4.69, 9.17) is 15.0 Å². The normalized spacial score (nSPS) is 11.4. The Labute approximate surface area is 381 Å². The Morgan fingerprint density at radius 1 is 0.277 bits per heavy atom. The average Bonchev–Trinajstić information content (AvgIpc) is 3.79. The molecule has 304 valence electrons. The van der Waals surface area contributed by atoms with Crippen LogP contribution in [0.5, 0.6) is 0 Å². The van der Waals surface area contributed by atoms with Crippen LogP contribution in [0.1, 0.15) is 0 Å². The van der Waals surface area contributed by atoms with Gasteiger partial charge in [-0.25, -0.2) is 15.0 Å². The van der Waals surface area contributed by atoms with Crippen LogP contribution >= 0.6 is 11.3 Å². The average molecular weight is 846 g/mol. The Bertz CT molecular complexity index is 3560. The van der Waals surface area contributed by atoms with Crippen molar-refractivity contribution < 1.29 is 0 Å². The monoisotopic (exact) mass is 845 g/mol. The molecule has 9 aromatic carbocycles. The first-order valence-electron chi connectivity index (χ1n) is 21.9. The smallest absolute Gasteiger partial charge is 0.160 e. The first-order chi connectivity index (χ1) is 32.2. The summed E-state index contributed by atoms with van der Waals surface area (Å²) < 4.78 is 2.46. The molecule has 0 bridgehead atoms. The standard InChI is InChI=1S/C61H39N3S/c1-4-13-40(14-5-1)43-23-29-46(30-24-43)55-39-56(47-31-25-44(26-32-47)41-15-6-2-7-16-41)64-61(63-55)48-33-27-45(28-34-48)49-19-12-20-51(37-49)59-60-58(52-21-10-11-22-57(52)65-60)53-38-50(35-36-54(53)62-59)42-17-8-3-9-18-42/h1-39H.